The molecule has 2 amide bonds. The van der Waals surface area contributed by atoms with Crippen molar-refractivity contribution < 1.29 is 14.3 Å². The van der Waals surface area contributed by atoms with Crippen LogP contribution in [0.25, 0.3) is 0 Å². The molecule has 2 aromatic rings. The molecular weight excluding hydrogens is 374 g/mol. The molecular formula is C16H23N5O3S2. The fraction of sp³-hybridized carbons (Fsp3) is 0.562. The van der Waals surface area contributed by atoms with Crippen molar-refractivity contribution in [3.8, 4) is 0 Å². The average molecular weight is 398 g/mol. The number of carbonyl (C=O) groups excluding carboxylic acids is 2. The van der Waals surface area contributed by atoms with Gasteiger partial charge in [-0.15, -0.1) is 10.2 Å². The van der Waals surface area contributed by atoms with Crippen molar-refractivity contribution in [3.63, 3.8) is 0 Å². The second-order valence-electron chi connectivity index (χ2n) is 6.69. The molecule has 2 aromatic heterocycles. The number of hydrogen-bond acceptors (Lipinski definition) is 8. The fourth-order valence-electron chi connectivity index (χ4n) is 2.01. The van der Waals surface area contributed by atoms with Gasteiger partial charge in [-0.1, -0.05) is 43.4 Å². The van der Waals surface area contributed by atoms with E-state index >= 15 is 0 Å². The predicted octanol–water partition coefficient (Wildman–Crippen LogP) is 2.85. The Balaban J connectivity index is 2.18. The highest BCUT2D eigenvalue weighted by Crippen LogP contribution is 2.30. The first-order valence-electron chi connectivity index (χ1n) is 8.03. The second kappa shape index (κ2) is 8.19. The van der Waals surface area contributed by atoms with E-state index < -0.39 is 0 Å². The number of nitrogens with zero attached hydrogens (tertiary/aromatic N) is 4. The highest BCUT2D eigenvalue weighted by molar-refractivity contribution is 7.18. The molecule has 0 saturated heterocycles. The molecule has 2 heterocycles. The molecule has 8 nitrogen and oxygen atoms in total. The van der Waals surface area contributed by atoms with Gasteiger partial charge in [-0.05, 0) is 6.92 Å². The lowest BCUT2D eigenvalue weighted by Crippen LogP contribution is -2.31. The van der Waals surface area contributed by atoms with Gasteiger partial charge in [-0.2, -0.15) is 0 Å². The summed E-state index contributed by atoms with van der Waals surface area (Å²) in [4.78, 5) is 30.7. The molecule has 0 fully saturated rings. The lowest BCUT2D eigenvalue weighted by molar-refractivity contribution is -0.116. The molecule has 0 unspecified atom stereocenters. The van der Waals surface area contributed by atoms with E-state index in [-0.39, 0.29) is 17.2 Å². The molecule has 1 N–H and O–H groups in total. The van der Waals surface area contributed by atoms with Crippen LogP contribution in [0.1, 0.15) is 48.1 Å². The SMILES string of the molecule is COCCN(C(C)=O)c1nc(C)c(C(=O)Nc2nnc(C(C)(C)C)s2)s1. The normalized spacial score (nSPS) is 11.5. The van der Waals surface area contributed by atoms with E-state index in [9.17, 15) is 9.59 Å². The molecule has 0 aliphatic heterocycles. The number of carbonyl (C=O) groups is 2. The molecule has 26 heavy (non-hydrogen) atoms. The van der Waals surface area contributed by atoms with Crippen molar-refractivity contribution in [1.29, 1.82) is 0 Å². The van der Waals surface area contributed by atoms with Gasteiger partial charge in [-0.25, -0.2) is 4.98 Å². The van der Waals surface area contributed by atoms with Crippen LogP contribution in [0.15, 0.2) is 0 Å². The Morgan fingerprint density at radius 2 is 1.92 bits per heavy atom. The molecule has 2 rings (SSSR count). The van der Waals surface area contributed by atoms with Gasteiger partial charge in [0.15, 0.2) is 5.13 Å². The Morgan fingerprint density at radius 1 is 1.23 bits per heavy atom. The van der Waals surface area contributed by atoms with Crippen LogP contribution in [0.4, 0.5) is 10.3 Å². The number of thiazole rings is 1. The third-order valence-corrected chi connectivity index (χ3v) is 5.85. The minimum absolute atomic E-state index is 0.127. The van der Waals surface area contributed by atoms with Gasteiger partial charge in [0.2, 0.25) is 11.0 Å². The first kappa shape index (κ1) is 20.4. The number of aromatic nitrogens is 3. The van der Waals surface area contributed by atoms with Crippen LogP contribution in [0.5, 0.6) is 0 Å². The maximum atomic E-state index is 12.6. The zero-order valence-electron chi connectivity index (χ0n) is 15.7. The molecule has 0 saturated carbocycles. The Morgan fingerprint density at radius 3 is 2.46 bits per heavy atom. The summed E-state index contributed by atoms with van der Waals surface area (Å²) in [5.41, 5.74) is 0.434. The quantitative estimate of drug-likeness (QED) is 0.805. The Kier molecular flexibility index (Phi) is 6.43. The van der Waals surface area contributed by atoms with Gasteiger partial charge in [0.1, 0.15) is 9.88 Å². The van der Waals surface area contributed by atoms with Crippen LogP contribution in [0, 0.1) is 6.92 Å². The number of anilines is 2. The molecule has 0 aromatic carbocycles. The van der Waals surface area contributed by atoms with Gasteiger partial charge < -0.3 is 4.74 Å². The summed E-state index contributed by atoms with van der Waals surface area (Å²) >= 11 is 2.52. The molecule has 142 valence electrons. The third-order valence-electron chi connectivity index (χ3n) is 3.41. The van der Waals surface area contributed by atoms with E-state index in [4.69, 9.17) is 4.74 Å². The van der Waals surface area contributed by atoms with Crippen LogP contribution >= 0.6 is 22.7 Å². The first-order chi connectivity index (χ1) is 12.1. The number of ether oxygens (including phenoxy) is 1. The topological polar surface area (TPSA) is 97.3 Å². The van der Waals surface area contributed by atoms with Crippen LogP contribution < -0.4 is 10.2 Å². The Labute approximate surface area is 160 Å². The van der Waals surface area contributed by atoms with Crippen molar-refractivity contribution in [3.05, 3.63) is 15.6 Å². The van der Waals surface area contributed by atoms with Crippen LogP contribution in [-0.4, -0.2) is 47.3 Å². The number of methoxy groups -OCH3 is 1. The van der Waals surface area contributed by atoms with E-state index in [0.29, 0.717) is 34.0 Å². The summed E-state index contributed by atoms with van der Waals surface area (Å²) in [6, 6.07) is 0. The maximum absolute atomic E-state index is 12.6. The summed E-state index contributed by atoms with van der Waals surface area (Å²) < 4.78 is 5.03. The largest absolute Gasteiger partial charge is 0.383 e. The maximum Gasteiger partial charge on any atom is 0.269 e. The minimum atomic E-state index is -0.307. The molecule has 0 bridgehead atoms. The number of aryl methyl sites for hydroxylation is 1. The predicted molar refractivity (Wildman–Crippen MR) is 103 cm³/mol. The smallest absolute Gasteiger partial charge is 0.269 e. The van der Waals surface area contributed by atoms with Crippen molar-refractivity contribution >= 4 is 44.8 Å². The molecule has 0 atom stereocenters. The standard InChI is InChI=1S/C16H23N5O3S2/c1-9-11(25-15(17-9)21(10(2)22)7-8-24-6)12(23)18-14-20-19-13(26-14)16(3,4)5/h7-8H2,1-6H3,(H,18,20,23). The third kappa shape index (κ3) is 4.83. The summed E-state index contributed by atoms with van der Waals surface area (Å²) in [7, 11) is 1.57. The number of amides is 2. The van der Waals surface area contributed by atoms with Crippen molar-refractivity contribution in [2.24, 2.45) is 0 Å². The molecule has 0 spiro atoms. The fourth-order valence-corrected chi connectivity index (χ4v) is 3.84. The van der Waals surface area contributed by atoms with Crippen LogP contribution in [0.3, 0.4) is 0 Å². The van der Waals surface area contributed by atoms with Crippen LogP contribution in [0.2, 0.25) is 0 Å². The lowest BCUT2D eigenvalue weighted by Gasteiger charge is -2.16. The summed E-state index contributed by atoms with van der Waals surface area (Å²) in [6.45, 7) is 10.1. The minimum Gasteiger partial charge on any atom is -0.383 e. The monoisotopic (exact) mass is 397 g/mol. The Hall–Kier alpha value is -1.91. The molecule has 0 aliphatic rings. The van der Waals surface area contributed by atoms with Crippen molar-refractivity contribution in [2.45, 2.75) is 40.0 Å². The van der Waals surface area contributed by atoms with E-state index in [1.54, 1.807) is 14.0 Å². The summed E-state index contributed by atoms with van der Waals surface area (Å²) in [5, 5.41) is 12.7. The van der Waals surface area contributed by atoms with Crippen molar-refractivity contribution in [1.82, 2.24) is 15.2 Å². The lowest BCUT2D eigenvalue weighted by atomic mass is 9.98. The van der Waals surface area contributed by atoms with Gasteiger partial charge in [0.05, 0.1) is 18.8 Å². The van der Waals surface area contributed by atoms with Gasteiger partial charge in [0, 0.05) is 19.4 Å². The second-order valence-corrected chi connectivity index (χ2v) is 8.65. The van der Waals surface area contributed by atoms with E-state index in [1.807, 2.05) is 20.8 Å². The highest BCUT2D eigenvalue weighted by Gasteiger charge is 2.23. The zero-order chi connectivity index (χ0) is 19.5. The Bertz CT molecular complexity index is 794. The van der Waals surface area contributed by atoms with Gasteiger partial charge >= 0.3 is 0 Å². The van der Waals surface area contributed by atoms with Gasteiger partial charge in [0.25, 0.3) is 5.91 Å². The number of nitrogens with one attached hydrogen (secondary N) is 1. The van der Waals surface area contributed by atoms with Crippen molar-refractivity contribution in [2.75, 3.05) is 30.5 Å². The highest BCUT2D eigenvalue weighted by atomic mass is 32.1. The van der Waals surface area contributed by atoms with E-state index in [1.165, 1.54) is 34.5 Å². The molecule has 10 heteroatoms. The van der Waals surface area contributed by atoms with E-state index in [2.05, 4.69) is 20.5 Å². The molecule has 0 aliphatic carbocycles. The average Bonchev–Trinajstić information content (AvgIpc) is 3.14. The summed E-state index contributed by atoms with van der Waals surface area (Å²) in [6.07, 6.45) is 0. The summed E-state index contributed by atoms with van der Waals surface area (Å²) in [5.74, 6) is -0.459. The van der Waals surface area contributed by atoms with Crippen LogP contribution in [-0.2, 0) is 14.9 Å². The first-order valence-corrected chi connectivity index (χ1v) is 9.66. The van der Waals surface area contributed by atoms with Gasteiger partial charge in [-0.3, -0.25) is 19.8 Å². The number of hydrogen-bond donors (Lipinski definition) is 1. The molecule has 0 radical (unpaired) electrons. The number of rotatable bonds is 6. The van der Waals surface area contributed by atoms with E-state index in [0.717, 1.165) is 5.01 Å². The zero-order valence-corrected chi connectivity index (χ0v) is 17.4.